The van der Waals surface area contributed by atoms with Gasteiger partial charge in [0.1, 0.15) is 5.82 Å². The Morgan fingerprint density at radius 3 is 2.12 bits per heavy atom. The molecule has 0 N–H and O–H groups in total. The van der Waals surface area contributed by atoms with Crippen LogP contribution in [-0.4, -0.2) is 5.71 Å². The van der Waals surface area contributed by atoms with Crippen LogP contribution >= 0.6 is 31.9 Å². The van der Waals surface area contributed by atoms with Gasteiger partial charge in [0, 0.05) is 20.9 Å². The Kier molecular flexibility index (Phi) is 4.92. The van der Waals surface area contributed by atoms with Gasteiger partial charge in [0.25, 0.3) is 0 Å². The van der Waals surface area contributed by atoms with E-state index in [4.69, 9.17) is 5.10 Å². The van der Waals surface area contributed by atoms with Crippen molar-refractivity contribution in [3.05, 3.63) is 98.7 Å². The molecule has 130 valence electrons. The number of nitrogens with zero attached hydrogens (tertiary/aromatic N) is 2. The smallest absolute Gasteiger partial charge is 0.128 e. The minimum absolute atomic E-state index is 0.170. The second-order valence-corrected chi connectivity index (χ2v) is 7.95. The van der Waals surface area contributed by atoms with Crippen molar-refractivity contribution in [1.82, 2.24) is 0 Å². The number of benzene rings is 3. The van der Waals surface area contributed by atoms with Gasteiger partial charge in [-0.3, -0.25) is 5.01 Å². The van der Waals surface area contributed by atoms with Crippen LogP contribution in [0.5, 0.6) is 0 Å². The quantitative estimate of drug-likeness (QED) is 0.412. The Bertz CT molecular complexity index is 953. The van der Waals surface area contributed by atoms with Crippen molar-refractivity contribution in [2.75, 3.05) is 5.01 Å². The average molecular weight is 474 g/mol. The summed E-state index contributed by atoms with van der Waals surface area (Å²) in [4.78, 5) is 0. The molecule has 26 heavy (non-hydrogen) atoms. The number of rotatable bonds is 3. The Morgan fingerprint density at radius 1 is 0.846 bits per heavy atom. The van der Waals surface area contributed by atoms with Crippen LogP contribution in [0.3, 0.4) is 0 Å². The fraction of sp³-hybridized carbons (Fsp3) is 0.0952. The molecule has 0 saturated carbocycles. The third-order valence-corrected chi connectivity index (χ3v) is 5.50. The normalized spacial score (nSPS) is 16.7. The SMILES string of the molecule is Fc1ccccc1[C@H]1CC(c2ccc(Br)cc2)=NN1c1ccc(Br)cc1. The monoisotopic (exact) mass is 472 g/mol. The standard InChI is InChI=1S/C21H15Br2FN2/c22-15-7-5-14(6-8-15)20-13-21(18-3-1-2-4-19(18)24)26(25-20)17-11-9-16(23)10-12-17/h1-12,21H,13H2/t21-/m1/s1. The zero-order valence-electron chi connectivity index (χ0n) is 13.7. The number of hydrazone groups is 1. The fourth-order valence-electron chi connectivity index (χ4n) is 3.15. The van der Waals surface area contributed by atoms with Crippen molar-refractivity contribution in [3.63, 3.8) is 0 Å². The largest absolute Gasteiger partial charge is 0.257 e. The first-order chi connectivity index (χ1) is 12.6. The Morgan fingerprint density at radius 2 is 1.46 bits per heavy atom. The summed E-state index contributed by atoms with van der Waals surface area (Å²) in [5, 5.41) is 6.76. The second-order valence-electron chi connectivity index (χ2n) is 6.12. The molecule has 4 rings (SSSR count). The molecule has 3 aromatic carbocycles. The molecule has 0 fully saturated rings. The molecule has 0 amide bonds. The van der Waals surface area contributed by atoms with E-state index < -0.39 is 0 Å². The van der Waals surface area contributed by atoms with Crippen LogP contribution in [0.2, 0.25) is 0 Å². The highest BCUT2D eigenvalue weighted by molar-refractivity contribution is 9.10. The lowest BCUT2D eigenvalue weighted by molar-refractivity contribution is 0.579. The van der Waals surface area contributed by atoms with E-state index in [0.29, 0.717) is 12.0 Å². The van der Waals surface area contributed by atoms with Crippen LogP contribution in [0.15, 0.2) is 86.8 Å². The van der Waals surface area contributed by atoms with E-state index in [1.54, 1.807) is 6.07 Å². The molecular formula is C21H15Br2FN2. The highest BCUT2D eigenvalue weighted by atomic mass is 79.9. The first kappa shape index (κ1) is 17.4. The van der Waals surface area contributed by atoms with Crippen LogP contribution in [0.4, 0.5) is 10.1 Å². The van der Waals surface area contributed by atoms with Crippen molar-refractivity contribution in [2.24, 2.45) is 5.10 Å². The molecule has 0 saturated heterocycles. The van der Waals surface area contributed by atoms with Crippen LogP contribution in [0, 0.1) is 5.82 Å². The summed E-state index contributed by atoms with van der Waals surface area (Å²) in [7, 11) is 0. The zero-order valence-corrected chi connectivity index (χ0v) is 16.9. The minimum Gasteiger partial charge on any atom is -0.257 e. The Hall–Kier alpha value is -1.98. The van der Waals surface area contributed by atoms with Gasteiger partial charge in [-0.25, -0.2) is 4.39 Å². The minimum atomic E-state index is -0.202. The van der Waals surface area contributed by atoms with Crippen molar-refractivity contribution in [2.45, 2.75) is 12.5 Å². The van der Waals surface area contributed by atoms with E-state index in [-0.39, 0.29) is 11.9 Å². The summed E-state index contributed by atoms with van der Waals surface area (Å²) < 4.78 is 16.5. The molecule has 0 unspecified atom stereocenters. The molecule has 1 atom stereocenters. The summed E-state index contributed by atoms with van der Waals surface area (Å²) in [6.07, 6.45) is 0.651. The first-order valence-corrected chi connectivity index (χ1v) is 9.83. The number of anilines is 1. The fourth-order valence-corrected chi connectivity index (χ4v) is 3.68. The molecule has 1 aliphatic rings. The van der Waals surface area contributed by atoms with Gasteiger partial charge in [-0.1, -0.05) is 62.2 Å². The van der Waals surface area contributed by atoms with E-state index in [1.807, 2.05) is 65.7 Å². The van der Waals surface area contributed by atoms with E-state index in [2.05, 4.69) is 31.9 Å². The molecular weight excluding hydrogens is 459 g/mol. The maximum atomic E-state index is 14.5. The summed E-state index contributed by atoms with van der Waals surface area (Å²) in [6.45, 7) is 0. The summed E-state index contributed by atoms with van der Waals surface area (Å²) in [5.74, 6) is -0.202. The van der Waals surface area contributed by atoms with E-state index in [9.17, 15) is 4.39 Å². The van der Waals surface area contributed by atoms with E-state index >= 15 is 0 Å². The molecule has 2 nitrogen and oxygen atoms in total. The predicted molar refractivity (Wildman–Crippen MR) is 111 cm³/mol. The third-order valence-electron chi connectivity index (χ3n) is 4.44. The lowest BCUT2D eigenvalue weighted by atomic mass is 9.98. The molecule has 1 aliphatic heterocycles. The molecule has 0 spiro atoms. The third kappa shape index (κ3) is 3.46. The van der Waals surface area contributed by atoms with Gasteiger partial charge in [0.15, 0.2) is 0 Å². The molecule has 0 aliphatic carbocycles. The van der Waals surface area contributed by atoms with E-state index in [1.165, 1.54) is 6.07 Å². The number of hydrogen-bond acceptors (Lipinski definition) is 2. The lowest BCUT2D eigenvalue weighted by Crippen LogP contribution is -2.19. The van der Waals surface area contributed by atoms with E-state index in [0.717, 1.165) is 25.9 Å². The summed E-state index contributed by atoms with van der Waals surface area (Å²) >= 11 is 6.93. The second kappa shape index (κ2) is 7.33. The lowest BCUT2D eigenvalue weighted by Gasteiger charge is -2.24. The Labute approximate surface area is 168 Å². The number of hydrogen-bond donors (Lipinski definition) is 0. The molecule has 3 aromatic rings. The number of halogens is 3. The highest BCUT2D eigenvalue weighted by Gasteiger charge is 2.31. The molecule has 5 heteroatoms. The molecule has 0 radical (unpaired) electrons. The maximum absolute atomic E-state index is 14.5. The van der Waals surface area contributed by atoms with Crippen LogP contribution < -0.4 is 5.01 Å². The predicted octanol–water partition coefficient (Wildman–Crippen LogP) is 6.71. The van der Waals surface area contributed by atoms with Gasteiger partial charge in [-0.15, -0.1) is 0 Å². The van der Waals surface area contributed by atoms with Gasteiger partial charge < -0.3 is 0 Å². The Balaban J connectivity index is 1.77. The summed E-state index contributed by atoms with van der Waals surface area (Å²) in [5.41, 5.74) is 3.60. The highest BCUT2D eigenvalue weighted by Crippen LogP contribution is 2.38. The average Bonchev–Trinajstić information content (AvgIpc) is 3.08. The van der Waals surface area contributed by atoms with Gasteiger partial charge in [-0.05, 0) is 48.0 Å². The van der Waals surface area contributed by atoms with Crippen molar-refractivity contribution >= 4 is 43.3 Å². The van der Waals surface area contributed by atoms with Gasteiger partial charge in [-0.2, -0.15) is 5.10 Å². The van der Waals surface area contributed by atoms with Crippen molar-refractivity contribution in [3.8, 4) is 0 Å². The molecule has 1 heterocycles. The van der Waals surface area contributed by atoms with Gasteiger partial charge in [0.05, 0.1) is 17.4 Å². The maximum Gasteiger partial charge on any atom is 0.128 e. The topological polar surface area (TPSA) is 15.6 Å². The van der Waals surface area contributed by atoms with Crippen molar-refractivity contribution < 1.29 is 4.39 Å². The van der Waals surface area contributed by atoms with Gasteiger partial charge in [0.2, 0.25) is 0 Å². The van der Waals surface area contributed by atoms with Crippen molar-refractivity contribution in [1.29, 1.82) is 0 Å². The van der Waals surface area contributed by atoms with Crippen LogP contribution in [-0.2, 0) is 0 Å². The first-order valence-electron chi connectivity index (χ1n) is 8.24. The summed E-state index contributed by atoms with van der Waals surface area (Å²) in [6, 6.07) is 22.8. The zero-order chi connectivity index (χ0) is 18.1. The molecule has 0 bridgehead atoms. The van der Waals surface area contributed by atoms with Crippen LogP contribution in [0.25, 0.3) is 0 Å². The van der Waals surface area contributed by atoms with Gasteiger partial charge >= 0.3 is 0 Å². The molecule has 0 aromatic heterocycles. The van der Waals surface area contributed by atoms with Crippen LogP contribution in [0.1, 0.15) is 23.6 Å².